The Hall–Kier alpha value is -0.570. The van der Waals surface area contributed by atoms with Gasteiger partial charge in [-0.1, -0.05) is 52.9 Å². The van der Waals surface area contributed by atoms with E-state index in [2.05, 4.69) is 20.8 Å². The van der Waals surface area contributed by atoms with Crippen LogP contribution in [0.2, 0.25) is 0 Å². The van der Waals surface area contributed by atoms with E-state index in [1.807, 2.05) is 0 Å². The fraction of sp³-hybridized carbons (Fsp3) is 0.933. The number of ether oxygens (including phenoxy) is 1. The molecule has 0 heterocycles. The van der Waals surface area contributed by atoms with Gasteiger partial charge in [0.15, 0.2) is 0 Å². The normalized spacial score (nSPS) is 11.7. The molecule has 0 aliphatic heterocycles. The maximum atomic E-state index is 11.8. The Morgan fingerprint density at radius 2 is 1.50 bits per heavy atom. The predicted octanol–water partition coefficient (Wildman–Crippen LogP) is 3.66. The molecule has 0 saturated heterocycles. The van der Waals surface area contributed by atoms with Crippen LogP contribution in [0.3, 0.4) is 0 Å². The zero-order chi connectivity index (χ0) is 13.9. The van der Waals surface area contributed by atoms with E-state index in [9.17, 15) is 4.79 Å². The highest BCUT2D eigenvalue weighted by molar-refractivity contribution is 5.80. The minimum atomic E-state index is -0.431. The van der Waals surface area contributed by atoms with E-state index in [4.69, 9.17) is 10.5 Å². The number of carbonyl (C=O) groups excluding carboxylic acids is 1. The zero-order valence-corrected chi connectivity index (χ0v) is 12.5. The van der Waals surface area contributed by atoms with Gasteiger partial charge in [0.1, 0.15) is 0 Å². The fourth-order valence-electron chi connectivity index (χ4n) is 2.13. The van der Waals surface area contributed by atoms with Gasteiger partial charge in [-0.2, -0.15) is 0 Å². The molecule has 18 heavy (non-hydrogen) atoms. The van der Waals surface area contributed by atoms with Crippen LogP contribution in [0.4, 0.5) is 0 Å². The first-order chi connectivity index (χ1) is 8.63. The van der Waals surface area contributed by atoms with E-state index >= 15 is 0 Å². The summed E-state index contributed by atoms with van der Waals surface area (Å²) in [7, 11) is 0. The van der Waals surface area contributed by atoms with Gasteiger partial charge in [0.25, 0.3) is 0 Å². The molecule has 0 aromatic rings. The first-order valence-electron chi connectivity index (χ1n) is 7.50. The molecule has 0 aliphatic rings. The molecule has 0 rings (SSSR count). The third-order valence-corrected chi connectivity index (χ3v) is 3.56. The summed E-state index contributed by atoms with van der Waals surface area (Å²) in [5.41, 5.74) is 5.22. The molecule has 3 heteroatoms. The Morgan fingerprint density at radius 1 is 1.00 bits per heavy atom. The minimum absolute atomic E-state index is 0.180. The number of amides is 1. The number of carbonyl (C=O) groups is 1. The van der Waals surface area contributed by atoms with Crippen molar-refractivity contribution in [1.82, 2.24) is 0 Å². The third-order valence-electron chi connectivity index (χ3n) is 3.56. The summed E-state index contributed by atoms with van der Waals surface area (Å²) in [4.78, 5) is 11.8. The van der Waals surface area contributed by atoms with Gasteiger partial charge in [-0.25, -0.2) is 0 Å². The van der Waals surface area contributed by atoms with Crippen molar-refractivity contribution in [3.05, 3.63) is 0 Å². The topological polar surface area (TPSA) is 52.3 Å². The van der Waals surface area contributed by atoms with Crippen LogP contribution in [-0.4, -0.2) is 19.1 Å². The van der Waals surface area contributed by atoms with Gasteiger partial charge in [-0.3, -0.25) is 4.79 Å². The molecule has 1 amide bonds. The standard InChI is InChI=1S/C15H31NO2/c1-4-7-10-15(14(16)17,11-8-5-2)13-18-12-9-6-3/h4-13H2,1-3H3,(H2,16,17). The lowest BCUT2D eigenvalue weighted by Crippen LogP contribution is -2.41. The maximum Gasteiger partial charge on any atom is 0.225 e. The van der Waals surface area contributed by atoms with Crippen molar-refractivity contribution in [2.45, 2.75) is 72.1 Å². The maximum absolute atomic E-state index is 11.8. The van der Waals surface area contributed by atoms with Crippen LogP contribution in [0.25, 0.3) is 0 Å². The second-order valence-corrected chi connectivity index (χ2v) is 5.26. The molecule has 0 aromatic carbocycles. The number of rotatable bonds is 12. The predicted molar refractivity (Wildman–Crippen MR) is 76.4 cm³/mol. The van der Waals surface area contributed by atoms with Crippen LogP contribution in [0.1, 0.15) is 72.1 Å². The first kappa shape index (κ1) is 17.4. The number of hydrogen-bond acceptors (Lipinski definition) is 2. The number of nitrogens with two attached hydrogens (primary N) is 1. The summed E-state index contributed by atoms with van der Waals surface area (Å²) in [6.45, 7) is 7.66. The highest BCUT2D eigenvalue weighted by Gasteiger charge is 2.35. The molecule has 0 bridgehead atoms. The summed E-state index contributed by atoms with van der Waals surface area (Å²) in [5, 5.41) is 0. The van der Waals surface area contributed by atoms with Gasteiger partial charge < -0.3 is 10.5 Å². The van der Waals surface area contributed by atoms with E-state index < -0.39 is 5.41 Å². The molecule has 2 N–H and O–H groups in total. The van der Waals surface area contributed by atoms with Gasteiger partial charge in [0.05, 0.1) is 12.0 Å². The summed E-state index contributed by atoms with van der Waals surface area (Å²) in [6, 6.07) is 0. The monoisotopic (exact) mass is 257 g/mol. The average Bonchev–Trinajstić information content (AvgIpc) is 2.37. The molecule has 0 unspecified atom stereocenters. The second-order valence-electron chi connectivity index (χ2n) is 5.26. The Kier molecular flexibility index (Phi) is 10.0. The molecular weight excluding hydrogens is 226 g/mol. The molecular formula is C15H31NO2. The molecule has 0 aliphatic carbocycles. The molecule has 0 radical (unpaired) electrons. The van der Waals surface area contributed by atoms with Crippen molar-refractivity contribution < 1.29 is 9.53 Å². The lowest BCUT2D eigenvalue weighted by molar-refractivity contribution is -0.133. The minimum Gasteiger partial charge on any atom is -0.380 e. The summed E-state index contributed by atoms with van der Waals surface area (Å²) in [5.74, 6) is -0.180. The van der Waals surface area contributed by atoms with E-state index in [1.165, 1.54) is 0 Å². The van der Waals surface area contributed by atoms with E-state index in [0.29, 0.717) is 6.61 Å². The smallest absolute Gasteiger partial charge is 0.225 e. The molecule has 108 valence electrons. The quantitative estimate of drug-likeness (QED) is 0.542. The van der Waals surface area contributed by atoms with E-state index in [-0.39, 0.29) is 5.91 Å². The molecule has 3 nitrogen and oxygen atoms in total. The van der Waals surface area contributed by atoms with Gasteiger partial charge in [0, 0.05) is 6.61 Å². The number of primary amides is 1. The largest absolute Gasteiger partial charge is 0.380 e. The molecule has 0 fully saturated rings. The van der Waals surface area contributed by atoms with Crippen LogP contribution in [0.15, 0.2) is 0 Å². The molecule has 0 atom stereocenters. The van der Waals surface area contributed by atoms with Gasteiger partial charge in [-0.05, 0) is 19.3 Å². The van der Waals surface area contributed by atoms with Crippen LogP contribution >= 0.6 is 0 Å². The molecule has 0 saturated carbocycles. The number of hydrogen-bond donors (Lipinski definition) is 1. The molecule has 0 aromatic heterocycles. The van der Waals surface area contributed by atoms with Crippen molar-refractivity contribution in [3.63, 3.8) is 0 Å². The van der Waals surface area contributed by atoms with Crippen LogP contribution in [0.5, 0.6) is 0 Å². The lowest BCUT2D eigenvalue weighted by atomic mass is 9.78. The SMILES string of the molecule is CCCCOCC(CCCC)(CCCC)C(N)=O. The van der Waals surface area contributed by atoms with Crippen molar-refractivity contribution in [3.8, 4) is 0 Å². The van der Waals surface area contributed by atoms with Crippen LogP contribution < -0.4 is 5.73 Å². The zero-order valence-electron chi connectivity index (χ0n) is 12.5. The van der Waals surface area contributed by atoms with E-state index in [0.717, 1.165) is 58.0 Å². The number of unbranched alkanes of at least 4 members (excludes halogenated alkanes) is 3. The fourth-order valence-corrected chi connectivity index (χ4v) is 2.13. The second kappa shape index (κ2) is 10.4. The van der Waals surface area contributed by atoms with Crippen molar-refractivity contribution in [2.75, 3.05) is 13.2 Å². The van der Waals surface area contributed by atoms with Gasteiger partial charge in [0.2, 0.25) is 5.91 Å². The van der Waals surface area contributed by atoms with E-state index in [1.54, 1.807) is 0 Å². The Labute approximate surface area is 112 Å². The lowest BCUT2D eigenvalue weighted by Gasteiger charge is -2.30. The Bertz CT molecular complexity index is 209. The van der Waals surface area contributed by atoms with Gasteiger partial charge >= 0.3 is 0 Å². The summed E-state index contributed by atoms with van der Waals surface area (Å²) >= 11 is 0. The van der Waals surface area contributed by atoms with Crippen molar-refractivity contribution in [1.29, 1.82) is 0 Å². The summed E-state index contributed by atoms with van der Waals surface area (Å²) in [6.07, 6.45) is 8.18. The molecule has 0 spiro atoms. The highest BCUT2D eigenvalue weighted by Crippen LogP contribution is 2.31. The van der Waals surface area contributed by atoms with Crippen LogP contribution in [-0.2, 0) is 9.53 Å². The average molecular weight is 257 g/mol. The first-order valence-corrected chi connectivity index (χ1v) is 7.50. The third kappa shape index (κ3) is 6.39. The van der Waals surface area contributed by atoms with Crippen molar-refractivity contribution >= 4 is 5.91 Å². The van der Waals surface area contributed by atoms with Crippen LogP contribution in [0, 0.1) is 5.41 Å². The summed E-state index contributed by atoms with van der Waals surface area (Å²) < 4.78 is 5.69. The van der Waals surface area contributed by atoms with Crippen molar-refractivity contribution in [2.24, 2.45) is 11.1 Å². The Morgan fingerprint density at radius 3 is 1.89 bits per heavy atom. The van der Waals surface area contributed by atoms with Gasteiger partial charge in [-0.15, -0.1) is 0 Å². The Balaban J connectivity index is 4.45. The highest BCUT2D eigenvalue weighted by atomic mass is 16.5.